The lowest BCUT2D eigenvalue weighted by Crippen LogP contribution is -2.00. The van der Waals surface area contributed by atoms with Crippen LogP contribution in [0.4, 0.5) is 10.1 Å². The average molecular weight is 300 g/mol. The Morgan fingerprint density at radius 3 is 2.53 bits per heavy atom. The number of aromatic nitrogens is 2. The Hall–Kier alpha value is -1.73. The molecule has 0 atom stereocenters. The van der Waals surface area contributed by atoms with Gasteiger partial charge in [0.25, 0.3) is 0 Å². The Balaban J connectivity index is 2.44. The molecule has 5 nitrogen and oxygen atoms in total. The van der Waals surface area contributed by atoms with Crippen molar-refractivity contribution in [3.05, 3.63) is 51.2 Å². The van der Waals surface area contributed by atoms with Gasteiger partial charge in [-0.1, -0.05) is 11.8 Å². The summed E-state index contributed by atoms with van der Waals surface area (Å²) >= 11 is 6.74. The van der Waals surface area contributed by atoms with Gasteiger partial charge in [0, 0.05) is 4.90 Å². The molecule has 0 bridgehead atoms. The van der Waals surface area contributed by atoms with Crippen molar-refractivity contribution in [2.45, 2.75) is 16.8 Å². The molecule has 0 fully saturated rings. The summed E-state index contributed by atoms with van der Waals surface area (Å²) in [4.78, 5) is 18.7. The topological polar surface area (TPSA) is 68.9 Å². The monoisotopic (exact) mass is 299 g/mol. The van der Waals surface area contributed by atoms with Gasteiger partial charge < -0.3 is 0 Å². The summed E-state index contributed by atoms with van der Waals surface area (Å²) in [5.74, 6) is -0.379. The largest absolute Gasteiger partial charge is 0.322 e. The Kier molecular flexibility index (Phi) is 3.96. The molecule has 0 spiro atoms. The second-order valence-electron chi connectivity index (χ2n) is 3.54. The molecule has 0 N–H and O–H groups in total. The van der Waals surface area contributed by atoms with E-state index in [4.69, 9.17) is 11.6 Å². The van der Waals surface area contributed by atoms with E-state index < -0.39 is 4.92 Å². The minimum Gasteiger partial charge on any atom is -0.258 e. The van der Waals surface area contributed by atoms with E-state index in [2.05, 4.69) is 9.97 Å². The van der Waals surface area contributed by atoms with Crippen molar-refractivity contribution in [3.63, 3.8) is 0 Å². The third-order valence-electron chi connectivity index (χ3n) is 2.21. The predicted molar refractivity (Wildman–Crippen MR) is 69.0 cm³/mol. The van der Waals surface area contributed by atoms with Crippen molar-refractivity contribution in [2.75, 3.05) is 0 Å². The van der Waals surface area contributed by atoms with Gasteiger partial charge in [-0.05, 0) is 42.8 Å². The quantitative estimate of drug-likeness (QED) is 0.374. The number of benzene rings is 1. The van der Waals surface area contributed by atoms with Gasteiger partial charge in [-0.25, -0.2) is 14.4 Å². The number of hydrogen-bond donors (Lipinski definition) is 0. The second kappa shape index (κ2) is 5.50. The molecule has 0 saturated carbocycles. The number of nitro groups is 1. The molecule has 0 aliphatic carbocycles. The Morgan fingerprint density at radius 2 is 1.95 bits per heavy atom. The van der Waals surface area contributed by atoms with E-state index >= 15 is 0 Å². The molecule has 19 heavy (non-hydrogen) atoms. The van der Waals surface area contributed by atoms with Crippen LogP contribution in [0.15, 0.2) is 34.2 Å². The zero-order valence-corrected chi connectivity index (χ0v) is 11.2. The van der Waals surface area contributed by atoms with E-state index in [9.17, 15) is 14.5 Å². The highest BCUT2D eigenvalue weighted by atomic mass is 35.5. The molecule has 0 aliphatic rings. The summed E-state index contributed by atoms with van der Waals surface area (Å²) < 4.78 is 12.8. The Labute approximate surface area is 117 Å². The van der Waals surface area contributed by atoms with E-state index in [0.29, 0.717) is 4.90 Å². The van der Waals surface area contributed by atoms with Crippen LogP contribution in [-0.2, 0) is 0 Å². The van der Waals surface area contributed by atoms with Crippen LogP contribution in [0, 0.1) is 22.9 Å². The molecule has 0 radical (unpaired) electrons. The van der Waals surface area contributed by atoms with E-state index in [1.807, 2.05) is 0 Å². The van der Waals surface area contributed by atoms with Gasteiger partial charge in [0.05, 0.1) is 4.92 Å². The summed E-state index contributed by atoms with van der Waals surface area (Å²) in [5, 5.41) is 11.1. The van der Waals surface area contributed by atoms with Crippen LogP contribution < -0.4 is 0 Å². The van der Waals surface area contributed by atoms with E-state index in [1.54, 1.807) is 0 Å². The SMILES string of the molecule is Cc1nc(Cl)nc(Sc2ccc(F)cc2)c1[N+](=O)[O-]. The number of hydrogen-bond acceptors (Lipinski definition) is 5. The van der Waals surface area contributed by atoms with E-state index in [1.165, 1.54) is 31.2 Å². The Morgan fingerprint density at radius 1 is 1.32 bits per heavy atom. The lowest BCUT2D eigenvalue weighted by atomic mass is 10.3. The third kappa shape index (κ3) is 3.18. The molecule has 1 aromatic carbocycles. The van der Waals surface area contributed by atoms with Crippen molar-refractivity contribution in [3.8, 4) is 0 Å². The lowest BCUT2D eigenvalue weighted by molar-refractivity contribution is -0.389. The van der Waals surface area contributed by atoms with Gasteiger partial charge >= 0.3 is 5.69 Å². The van der Waals surface area contributed by atoms with Gasteiger partial charge in [-0.2, -0.15) is 0 Å². The number of rotatable bonds is 3. The fourth-order valence-electron chi connectivity index (χ4n) is 1.40. The second-order valence-corrected chi connectivity index (χ2v) is 4.95. The molecule has 0 aliphatic heterocycles. The molecule has 8 heteroatoms. The van der Waals surface area contributed by atoms with Crippen LogP contribution >= 0.6 is 23.4 Å². The highest BCUT2D eigenvalue weighted by molar-refractivity contribution is 7.99. The maximum Gasteiger partial charge on any atom is 0.322 e. The summed E-state index contributed by atoms with van der Waals surface area (Å²) in [6, 6.07) is 5.55. The van der Waals surface area contributed by atoms with Crippen molar-refractivity contribution in [1.82, 2.24) is 9.97 Å². The fraction of sp³-hybridized carbons (Fsp3) is 0.0909. The average Bonchev–Trinajstić information content (AvgIpc) is 2.30. The van der Waals surface area contributed by atoms with Gasteiger partial charge in [0.1, 0.15) is 11.5 Å². The molecular weight excluding hydrogens is 293 g/mol. The first-order chi connectivity index (χ1) is 8.97. The van der Waals surface area contributed by atoms with Gasteiger partial charge in [-0.15, -0.1) is 0 Å². The Bertz CT molecular complexity index is 637. The number of aryl methyl sites for hydroxylation is 1. The van der Waals surface area contributed by atoms with Gasteiger partial charge in [-0.3, -0.25) is 10.1 Å². The van der Waals surface area contributed by atoms with Crippen LogP contribution in [0.2, 0.25) is 5.28 Å². The van der Waals surface area contributed by atoms with Crippen molar-refractivity contribution in [1.29, 1.82) is 0 Å². The normalized spacial score (nSPS) is 10.5. The summed E-state index contributed by atoms with van der Waals surface area (Å²) in [6.07, 6.45) is 0. The first-order valence-electron chi connectivity index (χ1n) is 5.09. The van der Waals surface area contributed by atoms with Crippen molar-refractivity contribution >= 4 is 29.1 Å². The van der Waals surface area contributed by atoms with E-state index in [0.717, 1.165) is 11.8 Å². The van der Waals surface area contributed by atoms with Gasteiger partial charge in [0.2, 0.25) is 5.28 Å². The predicted octanol–water partition coefficient (Wildman–Crippen LogP) is 3.64. The molecule has 98 valence electrons. The highest BCUT2D eigenvalue weighted by Crippen LogP contribution is 2.35. The van der Waals surface area contributed by atoms with E-state index in [-0.39, 0.29) is 27.5 Å². The molecule has 1 aromatic heterocycles. The molecule has 2 aromatic rings. The first kappa shape index (κ1) is 13.7. The number of halogens is 2. The maximum atomic E-state index is 12.8. The van der Waals surface area contributed by atoms with Crippen LogP contribution in [0.3, 0.4) is 0 Å². The summed E-state index contributed by atoms with van der Waals surface area (Å²) in [5.41, 5.74) is -0.00617. The fourth-order valence-corrected chi connectivity index (χ4v) is 2.61. The molecular formula is C11H7ClFN3O2S. The number of nitrogens with zero attached hydrogens (tertiary/aromatic N) is 3. The van der Waals surface area contributed by atoms with Gasteiger partial charge in [0.15, 0.2) is 5.03 Å². The summed E-state index contributed by atoms with van der Waals surface area (Å²) in [7, 11) is 0. The first-order valence-corrected chi connectivity index (χ1v) is 6.29. The molecule has 2 rings (SSSR count). The third-order valence-corrected chi connectivity index (χ3v) is 3.36. The maximum absolute atomic E-state index is 12.8. The smallest absolute Gasteiger partial charge is 0.258 e. The zero-order chi connectivity index (χ0) is 14.0. The lowest BCUT2D eigenvalue weighted by Gasteiger charge is -2.04. The van der Waals surface area contributed by atoms with Crippen molar-refractivity contribution in [2.24, 2.45) is 0 Å². The minimum atomic E-state index is -0.558. The zero-order valence-electron chi connectivity index (χ0n) is 9.63. The molecule has 0 amide bonds. The van der Waals surface area contributed by atoms with Crippen LogP contribution in [0.25, 0.3) is 0 Å². The van der Waals surface area contributed by atoms with Crippen LogP contribution in [-0.4, -0.2) is 14.9 Å². The minimum absolute atomic E-state index is 0.0623. The van der Waals surface area contributed by atoms with Crippen LogP contribution in [0.5, 0.6) is 0 Å². The van der Waals surface area contributed by atoms with Crippen molar-refractivity contribution < 1.29 is 9.31 Å². The summed E-state index contributed by atoms with van der Waals surface area (Å²) in [6.45, 7) is 1.49. The molecule has 0 saturated heterocycles. The highest BCUT2D eigenvalue weighted by Gasteiger charge is 2.22. The molecule has 0 unspecified atom stereocenters. The standard InChI is InChI=1S/C11H7ClFN3O2S/c1-6-9(16(17)18)10(15-11(12)14-6)19-8-4-2-7(13)3-5-8/h2-5H,1H3. The molecule has 1 heterocycles. The van der Waals surface area contributed by atoms with Crippen LogP contribution in [0.1, 0.15) is 5.69 Å².